The second-order valence-electron chi connectivity index (χ2n) is 23.9. The van der Waals surface area contributed by atoms with Gasteiger partial charge in [0.1, 0.15) is 73.2 Å². The van der Waals surface area contributed by atoms with Gasteiger partial charge in [0.25, 0.3) is 0 Å². The molecule has 3 rings (SSSR count). The molecule has 0 aliphatic carbocycles. The SMILES string of the molecule is CC/C=C\C/C=C\C/C=C\C/C=C\C/C=C\C/C=C\C/C=C\C/C=C\C/C=C\CCCC(=O)NC(COC1OC(CO)C(OC2OC(CO)C(OC3OC(CO)C(O)C(O)C3O)C(O)C2O)C(O)C1O)C(O)/C=C/CCCCCCCCCCCCCCCCC. The van der Waals surface area contributed by atoms with E-state index in [0.717, 1.165) is 83.5 Å². The molecule has 17 unspecified atom stereocenters. The molecule has 0 saturated carbocycles. The van der Waals surface area contributed by atoms with Crippen molar-refractivity contribution in [2.24, 2.45) is 0 Å². The molecule has 0 radical (unpaired) electrons. The summed E-state index contributed by atoms with van der Waals surface area (Å²) in [5.41, 5.74) is 0. The number of aliphatic hydroxyl groups is 11. The summed E-state index contributed by atoms with van der Waals surface area (Å²) in [5.74, 6) is -0.338. The van der Waals surface area contributed by atoms with E-state index in [9.17, 15) is 61.0 Å². The summed E-state index contributed by atoms with van der Waals surface area (Å²) in [6.45, 7) is 1.56. The van der Waals surface area contributed by atoms with Crippen molar-refractivity contribution in [3.8, 4) is 0 Å². The normalized spacial score (nSPS) is 28.6. The zero-order valence-electron chi connectivity index (χ0n) is 54.8. The Balaban J connectivity index is 1.47. The van der Waals surface area contributed by atoms with Gasteiger partial charge in [-0.1, -0.05) is 225 Å². The van der Waals surface area contributed by atoms with Crippen LogP contribution in [0.2, 0.25) is 0 Å². The van der Waals surface area contributed by atoms with Crippen molar-refractivity contribution < 1.29 is 89.4 Å². The lowest BCUT2D eigenvalue weighted by Gasteiger charge is -2.48. The van der Waals surface area contributed by atoms with Crippen molar-refractivity contribution in [2.45, 2.75) is 298 Å². The van der Waals surface area contributed by atoms with Crippen LogP contribution in [-0.2, 0) is 33.2 Å². The lowest BCUT2D eigenvalue weighted by atomic mass is 9.96. The quantitative estimate of drug-likeness (QED) is 0.0200. The van der Waals surface area contributed by atoms with Crippen LogP contribution in [0.3, 0.4) is 0 Å². The minimum atomic E-state index is -1.99. The molecule has 3 heterocycles. The molecule has 0 aromatic heterocycles. The summed E-state index contributed by atoms with van der Waals surface area (Å²) < 4.78 is 34.3. The third-order valence-corrected chi connectivity index (χ3v) is 16.3. The molecule has 0 bridgehead atoms. The largest absolute Gasteiger partial charge is 0.394 e. The van der Waals surface area contributed by atoms with Crippen LogP contribution in [0.25, 0.3) is 0 Å². The molecular formula is C72H119NO18. The summed E-state index contributed by atoms with van der Waals surface area (Å²) in [6.07, 6.45) is 44.6. The monoisotopic (exact) mass is 1290 g/mol. The number of ether oxygens (including phenoxy) is 6. The number of rotatable bonds is 50. The average molecular weight is 1290 g/mol. The highest BCUT2D eigenvalue weighted by molar-refractivity contribution is 5.76. The van der Waals surface area contributed by atoms with Crippen LogP contribution in [0.4, 0.5) is 0 Å². The van der Waals surface area contributed by atoms with Gasteiger partial charge in [0.2, 0.25) is 5.91 Å². The van der Waals surface area contributed by atoms with Gasteiger partial charge >= 0.3 is 0 Å². The zero-order chi connectivity index (χ0) is 66.1. The first-order chi connectivity index (χ1) is 44.3. The van der Waals surface area contributed by atoms with Crippen LogP contribution in [0.15, 0.2) is 122 Å². The number of amides is 1. The first-order valence-corrected chi connectivity index (χ1v) is 34.3. The maximum atomic E-state index is 13.4. The van der Waals surface area contributed by atoms with E-state index in [1.807, 2.05) is 12.2 Å². The van der Waals surface area contributed by atoms with E-state index in [4.69, 9.17) is 28.4 Å². The van der Waals surface area contributed by atoms with Gasteiger partial charge in [-0.2, -0.15) is 0 Å². The van der Waals surface area contributed by atoms with E-state index in [1.54, 1.807) is 6.08 Å². The fourth-order valence-electron chi connectivity index (χ4n) is 10.7. The predicted molar refractivity (Wildman–Crippen MR) is 355 cm³/mol. The highest BCUT2D eigenvalue weighted by Crippen LogP contribution is 2.33. The van der Waals surface area contributed by atoms with Gasteiger partial charge in [-0.25, -0.2) is 0 Å². The van der Waals surface area contributed by atoms with Gasteiger partial charge in [0, 0.05) is 6.42 Å². The van der Waals surface area contributed by atoms with Gasteiger partial charge in [0.15, 0.2) is 18.9 Å². The van der Waals surface area contributed by atoms with Crippen molar-refractivity contribution in [2.75, 3.05) is 26.4 Å². The second-order valence-corrected chi connectivity index (χ2v) is 23.9. The Morgan fingerprint density at radius 2 is 0.758 bits per heavy atom. The number of carbonyl (C=O) groups is 1. The highest BCUT2D eigenvalue weighted by Gasteiger charge is 2.53. The zero-order valence-corrected chi connectivity index (χ0v) is 54.8. The molecule has 3 aliphatic heterocycles. The summed E-state index contributed by atoms with van der Waals surface area (Å²) in [6, 6.07) is -1.01. The molecule has 1 amide bonds. The molecule has 12 N–H and O–H groups in total. The Morgan fingerprint density at radius 3 is 1.18 bits per heavy atom. The number of carbonyl (C=O) groups excluding carboxylic acids is 1. The molecular weight excluding hydrogens is 1170 g/mol. The van der Waals surface area contributed by atoms with E-state index in [-0.39, 0.29) is 18.9 Å². The molecule has 520 valence electrons. The third-order valence-electron chi connectivity index (χ3n) is 16.3. The fraction of sp³-hybridized carbons (Fsp3) is 0.708. The number of unbranched alkanes of at least 4 members (excludes halogenated alkanes) is 16. The van der Waals surface area contributed by atoms with Gasteiger partial charge in [-0.05, 0) is 83.5 Å². The van der Waals surface area contributed by atoms with Crippen LogP contribution in [0, 0.1) is 0 Å². The van der Waals surface area contributed by atoms with Crippen molar-refractivity contribution in [3.63, 3.8) is 0 Å². The number of allylic oxidation sites excluding steroid dienone is 19. The van der Waals surface area contributed by atoms with Crippen molar-refractivity contribution in [3.05, 3.63) is 122 Å². The topological polar surface area (TPSA) is 307 Å². The van der Waals surface area contributed by atoms with Gasteiger partial charge in [-0.3, -0.25) is 4.79 Å². The maximum Gasteiger partial charge on any atom is 0.220 e. The Hall–Kier alpha value is -3.81. The lowest BCUT2D eigenvalue weighted by Crippen LogP contribution is -2.66. The average Bonchev–Trinajstić information content (AvgIpc) is 0.884. The summed E-state index contributed by atoms with van der Waals surface area (Å²) in [4.78, 5) is 13.4. The molecule has 3 aliphatic rings. The molecule has 19 heteroatoms. The predicted octanol–water partition coefficient (Wildman–Crippen LogP) is 8.82. The van der Waals surface area contributed by atoms with Crippen molar-refractivity contribution >= 4 is 5.91 Å². The Labute approximate surface area is 544 Å². The second kappa shape index (κ2) is 52.5. The minimum Gasteiger partial charge on any atom is -0.394 e. The summed E-state index contributed by atoms with van der Waals surface area (Å²) in [7, 11) is 0. The number of hydrogen-bond acceptors (Lipinski definition) is 18. The van der Waals surface area contributed by atoms with E-state index >= 15 is 0 Å². The molecule has 19 nitrogen and oxygen atoms in total. The Bertz CT molecular complexity index is 2120. The van der Waals surface area contributed by atoms with Gasteiger partial charge in [-0.15, -0.1) is 0 Å². The molecule has 0 spiro atoms. The fourth-order valence-corrected chi connectivity index (χ4v) is 10.7. The first-order valence-electron chi connectivity index (χ1n) is 34.3. The minimum absolute atomic E-state index is 0.155. The third kappa shape index (κ3) is 34.4. The molecule has 0 aromatic rings. The number of nitrogens with one attached hydrogen (secondary N) is 1. The summed E-state index contributed by atoms with van der Waals surface area (Å²) >= 11 is 0. The molecule has 17 atom stereocenters. The molecule has 3 saturated heterocycles. The standard InChI is InChI=1S/C72H119NO18/c1-3-5-7-9-11-13-15-17-19-21-22-23-24-25-26-27-28-29-30-31-32-34-36-38-40-42-44-46-48-50-60(78)73-55(56(77)49-47-45-43-41-39-37-35-33-20-18-16-14-12-10-8-6-4-2)54-86-70-66(84)63(81)68(58(52-75)88-70)91-72-67(85)64(82)69(59(53-76)89-72)90-71-65(83)62(80)61(79)57(51-74)87-71/h5,7,11,13,17,19,22-23,25-26,28-29,31-32,36,38,42,44,47,49,55-59,61-72,74-77,79-85H,3-4,6,8-10,12,14-16,18,20-21,24,27,30,33-35,37,39-41,43,45-46,48,50-54H2,1-2H3,(H,73,78)/b7-5-,13-11-,19-17-,23-22-,26-25-,29-28-,32-31-,38-36-,44-42-,49-47+. The Morgan fingerprint density at radius 1 is 0.407 bits per heavy atom. The van der Waals surface area contributed by atoms with Crippen molar-refractivity contribution in [1.29, 1.82) is 0 Å². The van der Waals surface area contributed by atoms with Crippen LogP contribution in [-0.4, -0.2) is 193 Å². The molecule has 0 aromatic carbocycles. The van der Waals surface area contributed by atoms with Crippen LogP contribution in [0.5, 0.6) is 0 Å². The number of aliphatic hydroxyl groups excluding tert-OH is 11. The Kier molecular flexibility index (Phi) is 46.9. The van der Waals surface area contributed by atoms with Crippen LogP contribution >= 0.6 is 0 Å². The van der Waals surface area contributed by atoms with Crippen molar-refractivity contribution in [1.82, 2.24) is 5.32 Å². The molecule has 91 heavy (non-hydrogen) atoms. The van der Waals surface area contributed by atoms with E-state index in [2.05, 4.69) is 122 Å². The van der Waals surface area contributed by atoms with E-state index in [0.29, 0.717) is 12.8 Å². The van der Waals surface area contributed by atoms with E-state index < -0.39 is 124 Å². The first kappa shape index (κ1) is 81.4. The maximum absolute atomic E-state index is 13.4. The summed E-state index contributed by atoms with van der Waals surface area (Å²) in [5, 5.41) is 120. The highest BCUT2D eigenvalue weighted by atomic mass is 16.8. The van der Waals surface area contributed by atoms with Gasteiger partial charge < -0.3 is 89.9 Å². The van der Waals surface area contributed by atoms with E-state index in [1.165, 1.54) is 77.0 Å². The molecule has 3 fully saturated rings. The smallest absolute Gasteiger partial charge is 0.220 e. The van der Waals surface area contributed by atoms with Crippen LogP contribution < -0.4 is 5.32 Å². The van der Waals surface area contributed by atoms with Gasteiger partial charge in [0.05, 0.1) is 38.6 Å². The lowest BCUT2D eigenvalue weighted by molar-refractivity contribution is -0.379. The number of hydrogen-bond donors (Lipinski definition) is 12. The van der Waals surface area contributed by atoms with Crippen LogP contribution in [0.1, 0.15) is 194 Å².